The van der Waals surface area contributed by atoms with Gasteiger partial charge in [0.25, 0.3) is 0 Å². The normalized spacial score (nSPS) is 9.00. The van der Waals surface area contributed by atoms with Gasteiger partial charge in [0.05, 0.1) is 16.8 Å². The average molecular weight is 273 g/mol. The first kappa shape index (κ1) is 11.3. The molecule has 0 atom stereocenters. The standard InChI is InChI=1S/C10H9BrO2S/c1-2-13-10(12)9-6-5-8(14-9)4-3-7-11/h5-6H,2,7H2,1H3. The van der Waals surface area contributed by atoms with Gasteiger partial charge < -0.3 is 4.74 Å². The second-order valence-electron chi connectivity index (χ2n) is 2.32. The summed E-state index contributed by atoms with van der Waals surface area (Å²) in [7, 11) is 0. The van der Waals surface area contributed by atoms with Crippen molar-refractivity contribution in [1.29, 1.82) is 0 Å². The van der Waals surface area contributed by atoms with E-state index in [-0.39, 0.29) is 5.97 Å². The summed E-state index contributed by atoms with van der Waals surface area (Å²) in [6.07, 6.45) is 0. The van der Waals surface area contributed by atoms with Crippen LogP contribution in [-0.4, -0.2) is 17.9 Å². The lowest BCUT2D eigenvalue weighted by Crippen LogP contribution is -2.01. The van der Waals surface area contributed by atoms with Gasteiger partial charge in [0.15, 0.2) is 0 Å². The van der Waals surface area contributed by atoms with Crippen LogP contribution in [0.2, 0.25) is 0 Å². The number of carbonyl (C=O) groups is 1. The maximum Gasteiger partial charge on any atom is 0.348 e. The number of rotatable bonds is 2. The molecule has 0 amide bonds. The van der Waals surface area contributed by atoms with Crippen molar-refractivity contribution < 1.29 is 9.53 Å². The highest BCUT2D eigenvalue weighted by Crippen LogP contribution is 2.16. The molecule has 0 saturated heterocycles. The molecule has 0 radical (unpaired) electrons. The summed E-state index contributed by atoms with van der Waals surface area (Å²) in [4.78, 5) is 12.7. The van der Waals surface area contributed by atoms with Crippen molar-refractivity contribution in [1.82, 2.24) is 0 Å². The first-order chi connectivity index (χ1) is 6.77. The Morgan fingerprint density at radius 1 is 1.64 bits per heavy atom. The Kier molecular flexibility index (Phi) is 4.71. The van der Waals surface area contributed by atoms with E-state index in [9.17, 15) is 4.79 Å². The van der Waals surface area contributed by atoms with Gasteiger partial charge in [0.1, 0.15) is 4.88 Å². The zero-order chi connectivity index (χ0) is 10.4. The number of hydrogen-bond donors (Lipinski definition) is 0. The van der Waals surface area contributed by atoms with Crippen molar-refractivity contribution in [2.24, 2.45) is 0 Å². The van der Waals surface area contributed by atoms with Crippen LogP contribution in [0.5, 0.6) is 0 Å². The van der Waals surface area contributed by atoms with E-state index >= 15 is 0 Å². The largest absolute Gasteiger partial charge is 0.462 e. The second-order valence-corrected chi connectivity index (χ2v) is 3.96. The van der Waals surface area contributed by atoms with Gasteiger partial charge in [-0.05, 0) is 19.1 Å². The quantitative estimate of drug-likeness (QED) is 0.470. The van der Waals surface area contributed by atoms with Crippen molar-refractivity contribution in [2.45, 2.75) is 6.92 Å². The van der Waals surface area contributed by atoms with Gasteiger partial charge >= 0.3 is 5.97 Å². The molecule has 1 aromatic rings. The van der Waals surface area contributed by atoms with E-state index < -0.39 is 0 Å². The van der Waals surface area contributed by atoms with E-state index in [0.717, 1.165) is 4.88 Å². The van der Waals surface area contributed by atoms with Crippen LogP contribution in [0.3, 0.4) is 0 Å². The Bertz CT molecular complexity index is 373. The fourth-order valence-electron chi connectivity index (χ4n) is 0.838. The predicted octanol–water partition coefficient (Wildman–Crippen LogP) is 2.67. The zero-order valence-corrected chi connectivity index (χ0v) is 10.1. The van der Waals surface area contributed by atoms with Crippen LogP contribution in [0, 0.1) is 11.8 Å². The highest BCUT2D eigenvalue weighted by molar-refractivity contribution is 9.09. The van der Waals surface area contributed by atoms with Crippen LogP contribution in [0.25, 0.3) is 0 Å². The van der Waals surface area contributed by atoms with Crippen LogP contribution in [0.4, 0.5) is 0 Å². The van der Waals surface area contributed by atoms with Crippen LogP contribution in [-0.2, 0) is 4.74 Å². The second kappa shape index (κ2) is 5.84. The van der Waals surface area contributed by atoms with E-state index in [1.54, 1.807) is 13.0 Å². The van der Waals surface area contributed by atoms with Gasteiger partial charge in [0, 0.05) is 0 Å². The number of carbonyl (C=O) groups excluding carboxylic acids is 1. The van der Waals surface area contributed by atoms with Gasteiger partial charge in [-0.3, -0.25) is 0 Å². The summed E-state index contributed by atoms with van der Waals surface area (Å²) in [6, 6.07) is 3.56. The number of thiophene rings is 1. The highest BCUT2D eigenvalue weighted by Gasteiger charge is 2.08. The molecule has 2 nitrogen and oxygen atoms in total. The smallest absolute Gasteiger partial charge is 0.348 e. The Balaban J connectivity index is 2.72. The first-order valence-corrected chi connectivity index (χ1v) is 6.03. The average Bonchev–Trinajstić information content (AvgIpc) is 2.63. The van der Waals surface area contributed by atoms with Gasteiger partial charge in [-0.1, -0.05) is 27.8 Å². The highest BCUT2D eigenvalue weighted by atomic mass is 79.9. The summed E-state index contributed by atoms with van der Waals surface area (Å²) < 4.78 is 4.86. The lowest BCUT2D eigenvalue weighted by Gasteiger charge is -1.95. The van der Waals surface area contributed by atoms with Gasteiger partial charge in [0.2, 0.25) is 0 Å². The fraction of sp³-hybridized carbons (Fsp3) is 0.300. The molecule has 1 aromatic heterocycles. The predicted molar refractivity (Wildman–Crippen MR) is 60.9 cm³/mol. The van der Waals surface area contributed by atoms with Crippen molar-refractivity contribution in [3.05, 3.63) is 21.9 Å². The minimum Gasteiger partial charge on any atom is -0.462 e. The Labute approximate surface area is 95.4 Å². The van der Waals surface area contributed by atoms with Crippen molar-refractivity contribution in [3.63, 3.8) is 0 Å². The molecular weight excluding hydrogens is 264 g/mol. The third kappa shape index (κ3) is 3.17. The lowest BCUT2D eigenvalue weighted by molar-refractivity contribution is 0.0532. The molecule has 0 spiro atoms. The summed E-state index contributed by atoms with van der Waals surface area (Å²) in [5.74, 6) is 5.53. The van der Waals surface area contributed by atoms with Crippen LogP contribution in [0.1, 0.15) is 21.5 Å². The molecule has 0 aliphatic carbocycles. The zero-order valence-electron chi connectivity index (χ0n) is 7.67. The maximum absolute atomic E-state index is 11.3. The van der Waals surface area contributed by atoms with E-state index in [1.807, 2.05) is 6.07 Å². The molecule has 0 aliphatic rings. The topological polar surface area (TPSA) is 26.3 Å². The molecule has 0 bridgehead atoms. The van der Waals surface area contributed by atoms with E-state index in [1.165, 1.54) is 11.3 Å². The number of ether oxygens (including phenoxy) is 1. The monoisotopic (exact) mass is 272 g/mol. The van der Waals surface area contributed by atoms with Crippen molar-refractivity contribution in [2.75, 3.05) is 11.9 Å². The van der Waals surface area contributed by atoms with Crippen LogP contribution < -0.4 is 0 Å². The minimum atomic E-state index is -0.274. The van der Waals surface area contributed by atoms with Gasteiger partial charge in [-0.25, -0.2) is 4.79 Å². The molecule has 1 rings (SSSR count). The Hall–Kier alpha value is -0.790. The first-order valence-electron chi connectivity index (χ1n) is 4.09. The van der Waals surface area contributed by atoms with Crippen molar-refractivity contribution in [3.8, 4) is 11.8 Å². The fourth-order valence-corrected chi connectivity index (χ4v) is 1.75. The number of hydrogen-bond acceptors (Lipinski definition) is 3. The van der Waals surface area contributed by atoms with E-state index in [4.69, 9.17) is 4.74 Å². The Morgan fingerprint density at radius 3 is 3.07 bits per heavy atom. The van der Waals surface area contributed by atoms with E-state index in [2.05, 4.69) is 27.8 Å². The molecule has 0 unspecified atom stereocenters. The van der Waals surface area contributed by atoms with Crippen LogP contribution >= 0.6 is 27.3 Å². The van der Waals surface area contributed by atoms with Crippen LogP contribution in [0.15, 0.2) is 12.1 Å². The lowest BCUT2D eigenvalue weighted by atomic mass is 10.4. The third-order valence-corrected chi connectivity index (χ3v) is 2.62. The molecule has 0 aromatic carbocycles. The maximum atomic E-state index is 11.3. The van der Waals surface area contributed by atoms with Gasteiger partial charge in [-0.2, -0.15) is 0 Å². The van der Waals surface area contributed by atoms with E-state index in [0.29, 0.717) is 16.8 Å². The summed E-state index contributed by atoms with van der Waals surface area (Å²) in [6.45, 7) is 2.19. The number of halogens is 1. The summed E-state index contributed by atoms with van der Waals surface area (Å²) in [5, 5.41) is 0.639. The molecule has 14 heavy (non-hydrogen) atoms. The SMILES string of the molecule is CCOC(=O)c1ccc(C#CCBr)s1. The third-order valence-electron chi connectivity index (χ3n) is 1.36. The summed E-state index contributed by atoms with van der Waals surface area (Å²) in [5.41, 5.74) is 0. The van der Waals surface area contributed by atoms with Gasteiger partial charge in [-0.15, -0.1) is 11.3 Å². The number of esters is 1. The summed E-state index contributed by atoms with van der Waals surface area (Å²) >= 11 is 4.56. The molecule has 1 heterocycles. The molecule has 0 fully saturated rings. The van der Waals surface area contributed by atoms with Crippen molar-refractivity contribution >= 4 is 33.2 Å². The minimum absolute atomic E-state index is 0.274. The molecule has 0 N–H and O–H groups in total. The molecule has 0 saturated carbocycles. The number of alkyl halides is 1. The molecular formula is C10H9BrO2S. The Morgan fingerprint density at radius 2 is 2.43 bits per heavy atom. The molecule has 74 valence electrons. The molecule has 4 heteroatoms. The molecule has 0 aliphatic heterocycles.